The Morgan fingerprint density at radius 3 is 2.00 bits per heavy atom. The van der Waals surface area contributed by atoms with Crippen LogP contribution >= 0.6 is 12.2 Å². The van der Waals surface area contributed by atoms with Gasteiger partial charge < -0.3 is 0 Å². The summed E-state index contributed by atoms with van der Waals surface area (Å²) in [6, 6.07) is 0. The number of hydrogen-bond acceptors (Lipinski definition) is 6. The maximum absolute atomic E-state index is 9.24. The molecule has 0 amide bonds. The lowest BCUT2D eigenvalue weighted by molar-refractivity contribution is -0.713. The summed E-state index contributed by atoms with van der Waals surface area (Å²) in [5.74, 6) is 0. The highest BCUT2D eigenvalue weighted by atomic mass is 32.2. The first-order valence-electron chi connectivity index (χ1n) is 1.26. The SMILES string of the molecule is O=[N+]([O-])OS[N+](=O)[O-]. The Labute approximate surface area is 47.2 Å². The Balaban J connectivity index is 3.18. The standard InChI is InChI=1S/N2O5S/c3-1(4)7-8-2(5)6. The number of hydrogen-bond donors (Lipinski definition) is 0. The van der Waals surface area contributed by atoms with E-state index < -0.39 is 21.6 Å². The summed E-state index contributed by atoms with van der Waals surface area (Å²) < 4.78 is 2.22. The molecule has 0 atom stereocenters. The molecule has 0 aliphatic rings. The van der Waals surface area contributed by atoms with Crippen molar-refractivity contribution in [1.82, 2.24) is 0 Å². The zero-order valence-corrected chi connectivity index (χ0v) is 4.16. The van der Waals surface area contributed by atoms with Gasteiger partial charge in [0.25, 0.3) is 0 Å². The molecule has 8 heavy (non-hydrogen) atoms. The molecular formula is N2O5S. The van der Waals surface area contributed by atoms with Crippen LogP contribution in [0.3, 0.4) is 0 Å². The van der Waals surface area contributed by atoms with Gasteiger partial charge in [-0.25, -0.2) is 10.1 Å². The molecule has 0 saturated carbocycles. The van der Waals surface area contributed by atoms with Crippen LogP contribution in [0.2, 0.25) is 0 Å². The molecule has 0 saturated heterocycles. The zero-order valence-electron chi connectivity index (χ0n) is 3.34. The van der Waals surface area contributed by atoms with Crippen molar-refractivity contribution in [1.29, 1.82) is 0 Å². The summed E-state index contributed by atoms with van der Waals surface area (Å²) in [4.78, 5) is 18.4. The van der Waals surface area contributed by atoms with Crippen LogP contribution in [0.5, 0.6) is 0 Å². The van der Waals surface area contributed by atoms with E-state index in [0.29, 0.717) is 0 Å². The Morgan fingerprint density at radius 1 is 1.38 bits per heavy atom. The fourth-order valence-corrected chi connectivity index (χ4v) is 0.163. The second kappa shape index (κ2) is 3.02. The van der Waals surface area contributed by atoms with Crippen LogP contribution in [0, 0.1) is 20.2 Å². The van der Waals surface area contributed by atoms with E-state index in [1.165, 1.54) is 0 Å². The average Bonchev–Trinajstić information content (AvgIpc) is 1.61. The molecule has 0 aromatic rings. The molecule has 7 nitrogen and oxygen atoms in total. The van der Waals surface area contributed by atoms with Gasteiger partial charge in [-0.1, -0.05) is 0 Å². The van der Waals surface area contributed by atoms with E-state index >= 15 is 0 Å². The van der Waals surface area contributed by atoms with Crippen molar-refractivity contribution in [3.63, 3.8) is 0 Å². The molecule has 0 rings (SSSR count). The number of rotatable bonds is 3. The molecule has 0 aliphatic heterocycles. The maximum Gasteiger partial charge on any atom is 0.433 e. The monoisotopic (exact) mass is 140 g/mol. The molecule has 0 bridgehead atoms. The second-order valence-electron chi connectivity index (χ2n) is 0.596. The van der Waals surface area contributed by atoms with E-state index in [9.17, 15) is 10.1 Å². The lowest BCUT2D eigenvalue weighted by Gasteiger charge is -1.80. The highest BCUT2D eigenvalue weighted by molar-refractivity contribution is 7.88. The van der Waals surface area contributed by atoms with Gasteiger partial charge in [0, 0.05) is 0 Å². The number of nitro groups is 1. The van der Waals surface area contributed by atoms with Gasteiger partial charge in [0.05, 0.1) is 0 Å². The van der Waals surface area contributed by atoms with E-state index in [2.05, 4.69) is 4.28 Å². The number of nitrogens with zero attached hydrogens (tertiary/aromatic N) is 2. The average molecular weight is 140 g/mol. The molecule has 0 fully saturated rings. The highest BCUT2D eigenvalue weighted by Gasteiger charge is 2.04. The molecule has 0 aromatic heterocycles. The third-order valence-corrected chi connectivity index (χ3v) is 0.465. The first-order chi connectivity index (χ1) is 3.63. The van der Waals surface area contributed by atoms with Gasteiger partial charge in [-0.2, -0.15) is 4.28 Å². The van der Waals surface area contributed by atoms with Crippen molar-refractivity contribution in [2.75, 3.05) is 0 Å². The fraction of sp³-hybridized carbons (Fsp3) is 0. The quantitative estimate of drug-likeness (QED) is 0.237. The van der Waals surface area contributed by atoms with Crippen LogP contribution in [-0.4, -0.2) is 9.42 Å². The van der Waals surface area contributed by atoms with Crippen molar-refractivity contribution < 1.29 is 13.7 Å². The van der Waals surface area contributed by atoms with E-state index in [-0.39, 0.29) is 0 Å². The zero-order chi connectivity index (χ0) is 6.57. The maximum atomic E-state index is 9.24. The van der Waals surface area contributed by atoms with Crippen molar-refractivity contribution in [2.24, 2.45) is 0 Å². The van der Waals surface area contributed by atoms with Crippen molar-refractivity contribution in [3.8, 4) is 0 Å². The van der Waals surface area contributed by atoms with Crippen molar-refractivity contribution in [3.05, 3.63) is 20.2 Å². The van der Waals surface area contributed by atoms with Crippen LogP contribution in [0.4, 0.5) is 0 Å². The summed E-state index contributed by atoms with van der Waals surface area (Å²) in [5.41, 5.74) is 0. The smallest absolute Gasteiger partial charge is 0.249 e. The lowest BCUT2D eigenvalue weighted by Crippen LogP contribution is -1.95. The fourth-order valence-electron chi connectivity index (χ4n) is 0.0544. The van der Waals surface area contributed by atoms with Gasteiger partial charge in [0.15, 0.2) is 0 Å². The lowest BCUT2D eigenvalue weighted by atomic mass is 13.1. The third-order valence-electron chi connectivity index (χ3n) is 0.155. The second-order valence-corrected chi connectivity index (χ2v) is 1.19. The van der Waals surface area contributed by atoms with E-state index in [0.717, 1.165) is 0 Å². The predicted octanol–water partition coefficient (Wildman–Crippen LogP) is 0.0346. The molecule has 0 aliphatic carbocycles. The van der Waals surface area contributed by atoms with Crippen LogP contribution < -0.4 is 0 Å². The molecule has 0 spiro atoms. The minimum Gasteiger partial charge on any atom is -0.249 e. The topological polar surface area (TPSA) is 95.5 Å². The van der Waals surface area contributed by atoms with E-state index in [1.807, 2.05) is 0 Å². The molecular weight excluding hydrogens is 140 g/mol. The van der Waals surface area contributed by atoms with Gasteiger partial charge in [-0.15, -0.1) is 10.1 Å². The molecule has 8 heteroatoms. The molecule has 0 aromatic carbocycles. The van der Waals surface area contributed by atoms with Crippen molar-refractivity contribution in [2.45, 2.75) is 0 Å². The summed E-state index contributed by atoms with van der Waals surface area (Å²) in [6.45, 7) is 0. The first kappa shape index (κ1) is 6.95. The normalized spacial score (nSPS) is 8.00. The van der Waals surface area contributed by atoms with Crippen LogP contribution in [0.25, 0.3) is 0 Å². The van der Waals surface area contributed by atoms with Gasteiger partial charge in [-0.3, -0.25) is 0 Å². The minimum atomic E-state index is -1.26. The molecule has 0 heterocycles. The van der Waals surface area contributed by atoms with Crippen LogP contribution in [-0.2, 0) is 4.28 Å². The summed E-state index contributed by atoms with van der Waals surface area (Å²) >= 11 is -0.438. The van der Waals surface area contributed by atoms with E-state index in [4.69, 9.17) is 10.1 Å². The molecule has 46 valence electrons. The Bertz CT molecular complexity index is 95.0. The van der Waals surface area contributed by atoms with Crippen molar-refractivity contribution >= 4 is 12.2 Å². The minimum absolute atomic E-state index is 0.438. The van der Waals surface area contributed by atoms with Gasteiger partial charge in [-0.05, 0) is 0 Å². The van der Waals surface area contributed by atoms with E-state index in [1.54, 1.807) is 0 Å². The largest absolute Gasteiger partial charge is 0.433 e. The molecule has 0 unspecified atom stereocenters. The predicted molar refractivity (Wildman–Crippen MR) is 22.7 cm³/mol. The van der Waals surface area contributed by atoms with Crippen LogP contribution in [0.15, 0.2) is 0 Å². The third kappa shape index (κ3) is 4.95. The Hall–Kier alpha value is -1.05. The summed E-state index contributed by atoms with van der Waals surface area (Å²) in [7, 11) is 0. The summed E-state index contributed by atoms with van der Waals surface area (Å²) in [6.07, 6.45) is 0. The Kier molecular flexibility index (Phi) is 2.62. The van der Waals surface area contributed by atoms with Crippen LogP contribution in [0.1, 0.15) is 0 Å². The molecule has 0 radical (unpaired) electrons. The van der Waals surface area contributed by atoms with Gasteiger partial charge in [0.2, 0.25) is 0 Å². The first-order valence-corrected chi connectivity index (χ1v) is 1.96. The van der Waals surface area contributed by atoms with Gasteiger partial charge >= 0.3 is 17.3 Å². The Morgan fingerprint density at radius 2 is 1.88 bits per heavy atom. The highest BCUT2D eigenvalue weighted by Crippen LogP contribution is 1.99. The molecule has 0 N–H and O–H groups in total. The van der Waals surface area contributed by atoms with Gasteiger partial charge in [0.1, 0.15) is 4.33 Å². The summed E-state index contributed by atoms with van der Waals surface area (Å²) in [5, 5.41) is 17.1.